The van der Waals surface area contributed by atoms with Gasteiger partial charge in [0.1, 0.15) is 0 Å². The predicted octanol–water partition coefficient (Wildman–Crippen LogP) is 5.17. The molecule has 0 aliphatic heterocycles. The van der Waals surface area contributed by atoms with Crippen LogP contribution < -0.4 is 0 Å². The molecule has 0 amide bonds. The quantitative estimate of drug-likeness (QED) is 0.706. The van der Waals surface area contributed by atoms with Crippen LogP contribution in [0.4, 0.5) is 0 Å². The maximum atomic E-state index is 4.13. The third-order valence-corrected chi connectivity index (χ3v) is 2.82. The highest BCUT2D eigenvalue weighted by molar-refractivity contribution is 7.80. The van der Waals surface area contributed by atoms with Gasteiger partial charge in [-0.25, -0.2) is 0 Å². The standard InChI is InChI=1S/C10H14.C7H8S/c1-9(2)8-10-6-4-3-5-7-10;1-6-2-4-7(8)5-3-6/h3-7,9H,8H2,1-2H3;2-5,8H,1H3. The number of benzene rings is 2. The van der Waals surface area contributed by atoms with Crippen molar-refractivity contribution in [3.05, 3.63) is 65.7 Å². The van der Waals surface area contributed by atoms with Crippen LogP contribution in [0.1, 0.15) is 25.0 Å². The third kappa shape index (κ3) is 6.51. The fraction of sp³-hybridized carbons (Fsp3) is 0.294. The lowest BCUT2D eigenvalue weighted by Gasteiger charge is -2.02. The molecule has 0 saturated heterocycles. The SMILES string of the molecule is CC(C)Cc1ccccc1.Cc1ccc(S)cc1. The number of aryl methyl sites for hydroxylation is 1. The van der Waals surface area contributed by atoms with Gasteiger partial charge in [0, 0.05) is 4.90 Å². The molecular weight excluding hydrogens is 236 g/mol. The molecule has 2 rings (SSSR count). The van der Waals surface area contributed by atoms with Gasteiger partial charge >= 0.3 is 0 Å². The fourth-order valence-electron chi connectivity index (χ4n) is 1.63. The number of hydrogen-bond donors (Lipinski definition) is 1. The molecule has 0 saturated carbocycles. The topological polar surface area (TPSA) is 0 Å². The molecule has 0 aromatic heterocycles. The molecule has 0 atom stereocenters. The fourth-order valence-corrected chi connectivity index (χ4v) is 1.78. The van der Waals surface area contributed by atoms with E-state index < -0.39 is 0 Å². The lowest BCUT2D eigenvalue weighted by molar-refractivity contribution is 0.647. The summed E-state index contributed by atoms with van der Waals surface area (Å²) in [5.41, 5.74) is 2.72. The lowest BCUT2D eigenvalue weighted by atomic mass is 10.0. The minimum Gasteiger partial charge on any atom is -0.143 e. The molecule has 2 aromatic rings. The van der Waals surface area contributed by atoms with Crippen LogP contribution in [0.15, 0.2) is 59.5 Å². The van der Waals surface area contributed by atoms with Crippen molar-refractivity contribution in [3.63, 3.8) is 0 Å². The first kappa shape index (κ1) is 14.8. The van der Waals surface area contributed by atoms with Crippen molar-refractivity contribution in [3.8, 4) is 0 Å². The maximum Gasteiger partial charge on any atom is 0.00401 e. The second kappa shape index (κ2) is 7.99. The van der Waals surface area contributed by atoms with Crippen LogP contribution in [-0.2, 0) is 6.42 Å². The molecule has 0 nitrogen and oxygen atoms in total. The Morgan fingerprint density at radius 1 is 0.889 bits per heavy atom. The van der Waals surface area contributed by atoms with Gasteiger partial charge in [0.15, 0.2) is 0 Å². The highest BCUT2D eigenvalue weighted by Gasteiger charge is 1.94. The van der Waals surface area contributed by atoms with Gasteiger partial charge in [-0.05, 0) is 37.0 Å². The van der Waals surface area contributed by atoms with Crippen LogP contribution in [-0.4, -0.2) is 0 Å². The summed E-state index contributed by atoms with van der Waals surface area (Å²) in [4.78, 5) is 1.02. The Morgan fingerprint density at radius 2 is 1.44 bits per heavy atom. The van der Waals surface area contributed by atoms with E-state index in [2.05, 4.69) is 63.7 Å². The van der Waals surface area contributed by atoms with Crippen LogP contribution in [0.5, 0.6) is 0 Å². The second-order valence-corrected chi connectivity index (χ2v) is 5.44. The van der Waals surface area contributed by atoms with E-state index in [1.165, 1.54) is 17.5 Å². The highest BCUT2D eigenvalue weighted by Crippen LogP contribution is 2.06. The first-order valence-electron chi connectivity index (χ1n) is 6.37. The van der Waals surface area contributed by atoms with E-state index >= 15 is 0 Å². The molecule has 2 aromatic carbocycles. The summed E-state index contributed by atoms with van der Waals surface area (Å²) in [5.74, 6) is 0.766. The number of thiol groups is 1. The summed E-state index contributed by atoms with van der Waals surface area (Å²) in [5, 5.41) is 0. The highest BCUT2D eigenvalue weighted by atomic mass is 32.1. The van der Waals surface area contributed by atoms with Crippen molar-refractivity contribution < 1.29 is 0 Å². The second-order valence-electron chi connectivity index (χ2n) is 4.92. The van der Waals surface area contributed by atoms with Gasteiger partial charge in [-0.1, -0.05) is 61.9 Å². The monoisotopic (exact) mass is 258 g/mol. The summed E-state index contributed by atoms with van der Waals surface area (Å²) in [6.45, 7) is 6.55. The van der Waals surface area contributed by atoms with E-state index in [0.717, 1.165) is 10.8 Å². The van der Waals surface area contributed by atoms with Gasteiger partial charge in [-0.15, -0.1) is 12.6 Å². The van der Waals surface area contributed by atoms with E-state index in [4.69, 9.17) is 0 Å². The van der Waals surface area contributed by atoms with Gasteiger partial charge in [0.2, 0.25) is 0 Å². The van der Waals surface area contributed by atoms with E-state index in [-0.39, 0.29) is 0 Å². The molecular formula is C17H22S. The average Bonchev–Trinajstić information content (AvgIpc) is 2.34. The summed E-state index contributed by atoms with van der Waals surface area (Å²) >= 11 is 4.13. The number of rotatable bonds is 2. The molecule has 0 bridgehead atoms. The molecule has 0 aliphatic rings. The summed E-state index contributed by atoms with van der Waals surface area (Å²) in [7, 11) is 0. The minimum atomic E-state index is 0.766. The van der Waals surface area contributed by atoms with E-state index in [9.17, 15) is 0 Å². The Bertz CT molecular complexity index is 408. The van der Waals surface area contributed by atoms with Crippen molar-refractivity contribution in [2.24, 2.45) is 5.92 Å². The molecule has 0 N–H and O–H groups in total. The Hall–Kier alpha value is -1.21. The molecule has 0 heterocycles. The van der Waals surface area contributed by atoms with Crippen LogP contribution in [0, 0.1) is 12.8 Å². The third-order valence-electron chi connectivity index (χ3n) is 2.52. The maximum absolute atomic E-state index is 4.13. The van der Waals surface area contributed by atoms with Crippen LogP contribution in [0.25, 0.3) is 0 Å². The molecule has 0 unspecified atom stereocenters. The van der Waals surface area contributed by atoms with Gasteiger partial charge in [-0.3, -0.25) is 0 Å². The zero-order valence-corrected chi connectivity index (χ0v) is 12.3. The van der Waals surface area contributed by atoms with Gasteiger partial charge < -0.3 is 0 Å². The van der Waals surface area contributed by atoms with Crippen molar-refractivity contribution in [1.82, 2.24) is 0 Å². The summed E-state index contributed by atoms with van der Waals surface area (Å²) in [6.07, 6.45) is 1.20. The van der Waals surface area contributed by atoms with Crippen molar-refractivity contribution >= 4 is 12.6 Å². The van der Waals surface area contributed by atoms with Crippen LogP contribution in [0.2, 0.25) is 0 Å². The van der Waals surface area contributed by atoms with Gasteiger partial charge in [-0.2, -0.15) is 0 Å². The average molecular weight is 258 g/mol. The molecule has 0 spiro atoms. The molecule has 0 radical (unpaired) electrons. The number of hydrogen-bond acceptors (Lipinski definition) is 1. The normalized spacial score (nSPS) is 9.83. The van der Waals surface area contributed by atoms with Crippen LogP contribution in [0.3, 0.4) is 0 Å². The summed E-state index contributed by atoms with van der Waals surface area (Å²) < 4.78 is 0. The molecule has 96 valence electrons. The first-order chi connectivity index (χ1) is 8.58. The van der Waals surface area contributed by atoms with Crippen LogP contribution >= 0.6 is 12.6 Å². The molecule has 0 aliphatic carbocycles. The Kier molecular flexibility index (Phi) is 6.59. The Morgan fingerprint density at radius 3 is 1.89 bits per heavy atom. The summed E-state index contributed by atoms with van der Waals surface area (Å²) in [6, 6.07) is 18.7. The van der Waals surface area contributed by atoms with Crippen molar-refractivity contribution in [2.45, 2.75) is 32.1 Å². The molecule has 0 fully saturated rings. The first-order valence-corrected chi connectivity index (χ1v) is 6.82. The molecule has 18 heavy (non-hydrogen) atoms. The van der Waals surface area contributed by atoms with E-state index in [1.54, 1.807) is 0 Å². The van der Waals surface area contributed by atoms with Crippen molar-refractivity contribution in [1.29, 1.82) is 0 Å². The Balaban J connectivity index is 0.000000184. The zero-order chi connectivity index (χ0) is 13.4. The molecule has 1 heteroatoms. The van der Waals surface area contributed by atoms with E-state index in [1.807, 2.05) is 24.3 Å². The zero-order valence-electron chi connectivity index (χ0n) is 11.4. The van der Waals surface area contributed by atoms with E-state index in [0.29, 0.717) is 0 Å². The largest absolute Gasteiger partial charge is 0.143 e. The van der Waals surface area contributed by atoms with Gasteiger partial charge in [0.25, 0.3) is 0 Å². The van der Waals surface area contributed by atoms with Gasteiger partial charge in [0.05, 0.1) is 0 Å². The van der Waals surface area contributed by atoms with Crippen molar-refractivity contribution in [2.75, 3.05) is 0 Å². The smallest absolute Gasteiger partial charge is 0.00401 e. The predicted molar refractivity (Wildman–Crippen MR) is 83.4 cm³/mol. The Labute approximate surface area is 116 Å². The minimum absolute atomic E-state index is 0.766. The lowest BCUT2D eigenvalue weighted by Crippen LogP contribution is -1.92.